The van der Waals surface area contributed by atoms with E-state index in [1.54, 1.807) is 0 Å². The first-order valence-corrected chi connectivity index (χ1v) is 15.8. The minimum absolute atomic E-state index is 0.163. The van der Waals surface area contributed by atoms with Crippen LogP contribution in [0.5, 0.6) is 5.75 Å². The number of amides is 2. The molecule has 0 saturated heterocycles. The standard InChI is InChI=1S/C28H47N2O10P/c1-3-4-5-6-7-8-9-10-11-17-38-25-14-12-13-23(18-25)15-16-27(33)29-19-24(32)20-39-41(36,37)40-21-26(28(34)35)30-22(2)31/h12-14,18,24,26,32H,3-11,15-17,19-21H2,1-2H3,(H,29,33)(H,30,31)(H,34,35)(H,36,37)/t24-,26-/m1/s1. The molecule has 0 aliphatic heterocycles. The number of carbonyl (C=O) groups excluding carboxylic acids is 2. The van der Waals surface area contributed by atoms with Crippen molar-refractivity contribution < 1.29 is 47.8 Å². The van der Waals surface area contributed by atoms with Gasteiger partial charge in [-0.05, 0) is 30.5 Å². The molecule has 5 N–H and O–H groups in total. The summed E-state index contributed by atoms with van der Waals surface area (Å²) in [6, 6.07) is 6.03. The molecule has 0 bridgehead atoms. The van der Waals surface area contributed by atoms with Gasteiger partial charge in [0.05, 0.1) is 25.9 Å². The van der Waals surface area contributed by atoms with Crippen LogP contribution in [-0.4, -0.2) is 71.4 Å². The number of hydrogen-bond acceptors (Lipinski definition) is 8. The Kier molecular flexibility index (Phi) is 18.9. The molecule has 0 aliphatic rings. The fourth-order valence-corrected chi connectivity index (χ4v) is 4.61. The lowest BCUT2D eigenvalue weighted by atomic mass is 10.1. The summed E-state index contributed by atoms with van der Waals surface area (Å²) in [6.07, 6.45) is 10.5. The molecule has 41 heavy (non-hydrogen) atoms. The molecule has 12 nitrogen and oxygen atoms in total. The average Bonchev–Trinajstić information content (AvgIpc) is 2.93. The number of aliphatic hydroxyl groups excluding tert-OH is 1. The van der Waals surface area contributed by atoms with Crippen molar-refractivity contribution in [1.29, 1.82) is 0 Å². The van der Waals surface area contributed by atoms with Gasteiger partial charge in [0, 0.05) is 19.9 Å². The van der Waals surface area contributed by atoms with Crippen LogP contribution in [0.4, 0.5) is 0 Å². The summed E-state index contributed by atoms with van der Waals surface area (Å²) in [5.41, 5.74) is 0.936. The first-order valence-electron chi connectivity index (χ1n) is 14.3. The zero-order valence-corrected chi connectivity index (χ0v) is 25.1. The maximum Gasteiger partial charge on any atom is 0.472 e. The lowest BCUT2D eigenvalue weighted by Gasteiger charge is -2.18. The number of ether oxygens (including phenoxy) is 1. The summed E-state index contributed by atoms with van der Waals surface area (Å²) in [5, 5.41) is 23.5. The van der Waals surface area contributed by atoms with E-state index >= 15 is 0 Å². The van der Waals surface area contributed by atoms with Crippen LogP contribution >= 0.6 is 7.82 Å². The van der Waals surface area contributed by atoms with Gasteiger partial charge in [0.1, 0.15) is 5.75 Å². The third-order valence-electron chi connectivity index (χ3n) is 6.10. The van der Waals surface area contributed by atoms with Crippen molar-refractivity contribution in [3.8, 4) is 5.75 Å². The van der Waals surface area contributed by atoms with Crippen molar-refractivity contribution in [3.05, 3.63) is 29.8 Å². The molecule has 1 unspecified atom stereocenters. The fraction of sp³-hybridized carbons (Fsp3) is 0.679. The van der Waals surface area contributed by atoms with E-state index in [4.69, 9.17) is 9.84 Å². The van der Waals surface area contributed by atoms with Crippen molar-refractivity contribution in [2.75, 3.05) is 26.4 Å². The van der Waals surface area contributed by atoms with Crippen LogP contribution in [0.1, 0.15) is 83.6 Å². The maximum atomic E-state index is 12.2. The number of unbranched alkanes of at least 4 members (excludes halogenated alkanes) is 8. The van der Waals surface area contributed by atoms with Crippen LogP contribution < -0.4 is 15.4 Å². The molecular formula is C28H47N2O10P. The molecule has 0 fully saturated rings. The van der Waals surface area contributed by atoms with E-state index in [9.17, 15) is 28.9 Å². The number of carbonyl (C=O) groups is 3. The largest absolute Gasteiger partial charge is 0.494 e. The highest BCUT2D eigenvalue weighted by Gasteiger charge is 2.28. The van der Waals surface area contributed by atoms with Crippen LogP contribution in [0.25, 0.3) is 0 Å². The maximum absolute atomic E-state index is 12.2. The normalized spacial score (nSPS) is 14.0. The van der Waals surface area contributed by atoms with Gasteiger partial charge >= 0.3 is 13.8 Å². The Bertz CT molecular complexity index is 962. The summed E-state index contributed by atoms with van der Waals surface area (Å²) >= 11 is 0. The highest BCUT2D eigenvalue weighted by atomic mass is 31.2. The van der Waals surface area contributed by atoms with Crippen LogP contribution in [0.3, 0.4) is 0 Å². The number of rotatable bonds is 24. The molecule has 3 atom stereocenters. The Morgan fingerprint density at radius 3 is 2.24 bits per heavy atom. The molecule has 0 aromatic heterocycles. The zero-order chi connectivity index (χ0) is 30.5. The number of benzene rings is 1. The van der Waals surface area contributed by atoms with Gasteiger partial charge in [0.2, 0.25) is 11.8 Å². The van der Waals surface area contributed by atoms with Crippen molar-refractivity contribution in [2.45, 2.75) is 96.6 Å². The Labute approximate surface area is 242 Å². The quantitative estimate of drug-likeness (QED) is 0.0864. The molecule has 1 aromatic rings. The number of phosphoric acid groups is 1. The summed E-state index contributed by atoms with van der Waals surface area (Å²) in [6.45, 7) is 2.26. The monoisotopic (exact) mass is 602 g/mol. The molecular weight excluding hydrogens is 555 g/mol. The van der Waals surface area contributed by atoms with Crippen molar-refractivity contribution >= 4 is 25.6 Å². The van der Waals surface area contributed by atoms with E-state index in [-0.39, 0.29) is 18.9 Å². The molecule has 1 aromatic carbocycles. The summed E-state index contributed by atoms with van der Waals surface area (Å²) in [4.78, 5) is 43.9. The first-order chi connectivity index (χ1) is 19.5. The number of aliphatic hydroxyl groups is 1. The zero-order valence-electron chi connectivity index (χ0n) is 24.2. The van der Waals surface area contributed by atoms with Crippen LogP contribution in [0, 0.1) is 0 Å². The van der Waals surface area contributed by atoms with Crippen LogP contribution in [0.15, 0.2) is 24.3 Å². The number of aryl methyl sites for hydroxylation is 1. The van der Waals surface area contributed by atoms with Gasteiger partial charge in [-0.2, -0.15) is 0 Å². The molecule has 0 radical (unpaired) electrons. The summed E-state index contributed by atoms with van der Waals surface area (Å²) < 4.78 is 27.0. The predicted molar refractivity (Wildman–Crippen MR) is 153 cm³/mol. The molecule has 2 amide bonds. The molecule has 13 heteroatoms. The van der Waals surface area contributed by atoms with Gasteiger partial charge in [-0.3, -0.25) is 18.6 Å². The van der Waals surface area contributed by atoms with E-state index in [1.165, 1.54) is 44.9 Å². The van der Waals surface area contributed by atoms with E-state index in [1.807, 2.05) is 29.6 Å². The summed E-state index contributed by atoms with van der Waals surface area (Å²) in [5.74, 6) is -1.69. The van der Waals surface area contributed by atoms with Crippen LogP contribution in [-0.2, 0) is 34.4 Å². The smallest absolute Gasteiger partial charge is 0.472 e. The Morgan fingerprint density at radius 2 is 1.61 bits per heavy atom. The highest BCUT2D eigenvalue weighted by Crippen LogP contribution is 2.43. The second kappa shape index (κ2) is 21.2. The Balaban J connectivity index is 2.24. The number of carboxylic acid groups (broad SMARTS) is 1. The van der Waals surface area contributed by atoms with Gasteiger partial charge in [-0.1, -0.05) is 70.4 Å². The molecule has 234 valence electrons. The molecule has 0 heterocycles. The number of hydrogen-bond donors (Lipinski definition) is 5. The van der Waals surface area contributed by atoms with Gasteiger partial charge in [0.25, 0.3) is 0 Å². The minimum atomic E-state index is -4.71. The van der Waals surface area contributed by atoms with E-state index in [2.05, 4.69) is 21.3 Å². The molecule has 0 saturated carbocycles. The van der Waals surface area contributed by atoms with Crippen LogP contribution in [0.2, 0.25) is 0 Å². The number of nitrogens with one attached hydrogen (secondary N) is 2. The van der Waals surface area contributed by atoms with Gasteiger partial charge in [0.15, 0.2) is 6.04 Å². The SMILES string of the molecule is CCCCCCCCCCCOc1cccc(CCC(=O)NC[C@@H](O)COP(=O)(O)OC[C@@H](NC(C)=O)C(=O)O)c1. The molecule has 1 rings (SSSR count). The third-order valence-corrected chi connectivity index (χ3v) is 7.05. The van der Waals surface area contributed by atoms with Crippen molar-refractivity contribution in [2.24, 2.45) is 0 Å². The number of phosphoric ester groups is 1. The second-order valence-electron chi connectivity index (χ2n) is 9.93. The lowest BCUT2D eigenvalue weighted by molar-refractivity contribution is -0.142. The highest BCUT2D eigenvalue weighted by molar-refractivity contribution is 7.47. The average molecular weight is 603 g/mol. The topological polar surface area (TPSA) is 181 Å². The molecule has 0 spiro atoms. The Hall–Kier alpha value is -2.50. The Morgan fingerprint density at radius 1 is 0.976 bits per heavy atom. The van der Waals surface area contributed by atoms with Gasteiger partial charge in [-0.25, -0.2) is 9.36 Å². The summed E-state index contributed by atoms with van der Waals surface area (Å²) in [7, 11) is -4.71. The minimum Gasteiger partial charge on any atom is -0.494 e. The number of aliphatic carboxylic acids is 1. The van der Waals surface area contributed by atoms with Crippen molar-refractivity contribution in [1.82, 2.24) is 10.6 Å². The fourth-order valence-electron chi connectivity index (χ4n) is 3.84. The van der Waals surface area contributed by atoms with Crippen molar-refractivity contribution in [3.63, 3.8) is 0 Å². The van der Waals surface area contributed by atoms with E-state index in [0.29, 0.717) is 13.0 Å². The van der Waals surface area contributed by atoms with E-state index < -0.39 is 45.1 Å². The third kappa shape index (κ3) is 19.3. The predicted octanol–water partition coefficient (Wildman–Crippen LogP) is 3.73. The lowest BCUT2D eigenvalue weighted by Crippen LogP contribution is -2.42. The van der Waals surface area contributed by atoms with E-state index in [0.717, 1.165) is 31.1 Å². The second-order valence-corrected chi connectivity index (χ2v) is 11.4. The van der Waals surface area contributed by atoms with Gasteiger partial charge in [-0.15, -0.1) is 0 Å². The number of carboxylic acids is 1. The first kappa shape index (κ1) is 36.5. The van der Waals surface area contributed by atoms with Gasteiger partial charge < -0.3 is 30.5 Å². The molecule has 0 aliphatic carbocycles.